The second-order valence-corrected chi connectivity index (χ2v) is 12.7. The number of alkyl halides is 3. The smallest absolute Gasteiger partial charge is 0.435 e. The standard InChI is InChI=1S/C19H23NO3.C17H14F3N3O2S/c1-2-21-16-10-6-7-11-17(16)23-19(15-8-4-3-5-9-15)18-14-20-12-13-22-18;1-11-2-4-12(5-3-11)15-10-16(17(18,19)20)22-23(15)13-6-8-14(9-7-13)26(21,24)25/h3-11,18-20H,2,12-14H2,1H3;2-10H,1H3,(H2,21,24,25). The largest absolute Gasteiger partial charge is 0.490 e. The maximum absolute atomic E-state index is 13.1. The van der Waals surface area contributed by atoms with Crippen molar-refractivity contribution in [3.63, 3.8) is 0 Å². The molecule has 49 heavy (non-hydrogen) atoms. The minimum Gasteiger partial charge on any atom is -0.490 e. The Labute approximate surface area is 283 Å². The minimum atomic E-state index is -4.61. The number of benzene rings is 4. The maximum atomic E-state index is 13.1. The third-order valence-electron chi connectivity index (χ3n) is 7.58. The Morgan fingerprint density at radius 3 is 2.20 bits per heavy atom. The molecule has 2 atom stereocenters. The molecule has 1 fully saturated rings. The van der Waals surface area contributed by atoms with Crippen LogP contribution in [0.5, 0.6) is 11.5 Å². The molecule has 0 amide bonds. The fraction of sp³-hybridized carbons (Fsp3) is 0.250. The summed E-state index contributed by atoms with van der Waals surface area (Å²) in [5.74, 6) is 1.51. The van der Waals surface area contributed by atoms with Crippen molar-refractivity contribution in [2.75, 3.05) is 26.3 Å². The molecule has 0 spiro atoms. The van der Waals surface area contributed by atoms with Crippen LogP contribution in [0.2, 0.25) is 0 Å². The first-order valence-electron chi connectivity index (χ1n) is 15.6. The minimum absolute atomic E-state index is 0.0270. The molecule has 0 bridgehead atoms. The van der Waals surface area contributed by atoms with Gasteiger partial charge in [0.25, 0.3) is 0 Å². The molecular weight excluding hydrogens is 657 g/mol. The Morgan fingerprint density at radius 2 is 1.61 bits per heavy atom. The quantitative estimate of drug-likeness (QED) is 0.176. The second-order valence-electron chi connectivity index (χ2n) is 11.2. The van der Waals surface area contributed by atoms with Crippen molar-refractivity contribution in [2.24, 2.45) is 5.14 Å². The number of hydrogen-bond donors (Lipinski definition) is 2. The molecule has 0 radical (unpaired) electrons. The lowest BCUT2D eigenvalue weighted by Gasteiger charge is -2.32. The molecule has 258 valence electrons. The number of aromatic nitrogens is 2. The van der Waals surface area contributed by atoms with Crippen LogP contribution in [0, 0.1) is 6.92 Å². The van der Waals surface area contributed by atoms with Crippen molar-refractivity contribution in [1.29, 1.82) is 0 Å². The van der Waals surface area contributed by atoms with E-state index in [1.807, 2.05) is 56.3 Å². The first-order valence-corrected chi connectivity index (χ1v) is 17.1. The molecule has 4 aromatic carbocycles. The van der Waals surface area contributed by atoms with Gasteiger partial charge in [-0.05, 0) is 61.9 Å². The molecule has 0 saturated carbocycles. The van der Waals surface area contributed by atoms with E-state index in [1.165, 1.54) is 24.3 Å². The van der Waals surface area contributed by atoms with Crippen LogP contribution in [-0.2, 0) is 20.9 Å². The molecule has 5 aromatic rings. The van der Waals surface area contributed by atoms with Gasteiger partial charge in [-0.3, -0.25) is 0 Å². The van der Waals surface area contributed by atoms with Crippen LogP contribution >= 0.6 is 0 Å². The van der Waals surface area contributed by atoms with E-state index in [0.717, 1.165) is 46.5 Å². The van der Waals surface area contributed by atoms with Gasteiger partial charge in [0.1, 0.15) is 6.10 Å². The van der Waals surface area contributed by atoms with Crippen molar-refractivity contribution in [3.8, 4) is 28.4 Å². The fourth-order valence-electron chi connectivity index (χ4n) is 5.16. The average Bonchev–Trinajstić information content (AvgIpc) is 3.56. The van der Waals surface area contributed by atoms with E-state index < -0.39 is 21.9 Å². The van der Waals surface area contributed by atoms with E-state index in [9.17, 15) is 21.6 Å². The van der Waals surface area contributed by atoms with Crippen LogP contribution in [0.1, 0.15) is 29.8 Å². The van der Waals surface area contributed by atoms with E-state index in [4.69, 9.17) is 19.3 Å². The molecule has 3 N–H and O–H groups in total. The van der Waals surface area contributed by atoms with Crippen LogP contribution < -0.4 is 19.9 Å². The van der Waals surface area contributed by atoms with Gasteiger partial charge in [0.2, 0.25) is 10.0 Å². The number of morpholine rings is 1. The van der Waals surface area contributed by atoms with Crippen LogP contribution in [0.25, 0.3) is 16.9 Å². The summed E-state index contributed by atoms with van der Waals surface area (Å²) < 4.78 is 81.1. The molecule has 0 aliphatic carbocycles. The number of aryl methyl sites for hydroxylation is 1. The van der Waals surface area contributed by atoms with E-state index in [1.54, 1.807) is 24.3 Å². The zero-order chi connectivity index (χ0) is 35.0. The summed E-state index contributed by atoms with van der Waals surface area (Å²) in [4.78, 5) is -0.138. The molecule has 13 heteroatoms. The van der Waals surface area contributed by atoms with Crippen molar-refractivity contribution < 1.29 is 35.8 Å². The molecular formula is C36H37F3N4O5S. The van der Waals surface area contributed by atoms with Crippen molar-refractivity contribution in [3.05, 3.63) is 126 Å². The number of primary sulfonamides is 1. The highest BCUT2D eigenvalue weighted by atomic mass is 32.2. The predicted octanol–water partition coefficient (Wildman–Crippen LogP) is 6.71. The normalized spacial score (nSPS) is 15.5. The Kier molecular flexibility index (Phi) is 11.4. The lowest BCUT2D eigenvalue weighted by Crippen LogP contribution is -2.43. The number of halogens is 3. The van der Waals surface area contributed by atoms with Gasteiger partial charge in [-0.2, -0.15) is 18.3 Å². The molecule has 1 aliphatic rings. The number of nitrogens with one attached hydrogen (secondary N) is 1. The van der Waals surface area contributed by atoms with E-state index in [2.05, 4.69) is 22.5 Å². The number of hydrogen-bond acceptors (Lipinski definition) is 7. The second kappa shape index (κ2) is 15.7. The van der Waals surface area contributed by atoms with Crippen LogP contribution in [-0.4, -0.2) is 50.6 Å². The highest BCUT2D eigenvalue weighted by Crippen LogP contribution is 2.35. The summed E-state index contributed by atoms with van der Waals surface area (Å²) in [6, 6.07) is 31.0. The molecule has 6 rings (SSSR count). The Hall–Kier alpha value is -4.69. The van der Waals surface area contributed by atoms with Crippen LogP contribution in [0.3, 0.4) is 0 Å². The first kappa shape index (κ1) is 35.6. The molecule has 1 aromatic heterocycles. The van der Waals surface area contributed by atoms with Crippen molar-refractivity contribution in [1.82, 2.24) is 15.1 Å². The highest BCUT2D eigenvalue weighted by molar-refractivity contribution is 7.89. The van der Waals surface area contributed by atoms with Crippen LogP contribution in [0.15, 0.2) is 114 Å². The van der Waals surface area contributed by atoms with E-state index in [-0.39, 0.29) is 28.5 Å². The lowest BCUT2D eigenvalue weighted by atomic mass is 10.0. The third-order valence-corrected chi connectivity index (χ3v) is 8.51. The van der Waals surface area contributed by atoms with Crippen molar-refractivity contribution >= 4 is 10.0 Å². The van der Waals surface area contributed by atoms with Gasteiger partial charge in [0, 0.05) is 18.7 Å². The highest BCUT2D eigenvalue weighted by Gasteiger charge is 2.35. The fourth-order valence-corrected chi connectivity index (χ4v) is 5.68. The van der Waals surface area contributed by atoms with Gasteiger partial charge in [0.15, 0.2) is 23.3 Å². The number of ether oxygens (including phenoxy) is 3. The van der Waals surface area contributed by atoms with Gasteiger partial charge in [-0.25, -0.2) is 18.2 Å². The van der Waals surface area contributed by atoms with Gasteiger partial charge in [-0.15, -0.1) is 0 Å². The summed E-state index contributed by atoms with van der Waals surface area (Å²) in [5, 5.41) is 12.1. The van der Waals surface area contributed by atoms with E-state index in [0.29, 0.717) is 18.8 Å². The van der Waals surface area contributed by atoms with Gasteiger partial charge < -0.3 is 19.5 Å². The Bertz CT molecular complexity index is 1910. The summed E-state index contributed by atoms with van der Waals surface area (Å²) in [5.41, 5.74) is 2.10. The average molecular weight is 695 g/mol. The molecule has 9 nitrogen and oxygen atoms in total. The number of nitrogens with two attached hydrogens (primary N) is 1. The number of para-hydroxylation sites is 2. The zero-order valence-electron chi connectivity index (χ0n) is 26.9. The zero-order valence-corrected chi connectivity index (χ0v) is 27.7. The monoisotopic (exact) mass is 694 g/mol. The molecule has 2 unspecified atom stereocenters. The summed E-state index contributed by atoms with van der Waals surface area (Å²) in [6.45, 7) is 6.81. The molecule has 1 saturated heterocycles. The molecule has 2 heterocycles. The Morgan fingerprint density at radius 1 is 0.959 bits per heavy atom. The lowest BCUT2D eigenvalue weighted by molar-refractivity contribution is -0.141. The topological polar surface area (TPSA) is 118 Å². The number of nitrogens with zero attached hydrogens (tertiary/aromatic N) is 2. The third kappa shape index (κ3) is 9.27. The van der Waals surface area contributed by atoms with Gasteiger partial charge >= 0.3 is 6.18 Å². The number of rotatable bonds is 9. The van der Waals surface area contributed by atoms with E-state index >= 15 is 0 Å². The first-order chi connectivity index (χ1) is 23.4. The molecule has 1 aliphatic heterocycles. The summed E-state index contributed by atoms with van der Waals surface area (Å²) >= 11 is 0. The SMILES string of the molecule is CCOc1ccccc1OC(c1ccccc1)C1CNCCO1.Cc1ccc(-c2cc(C(F)(F)F)nn2-c2ccc(S(N)(=O)=O)cc2)cc1. The summed E-state index contributed by atoms with van der Waals surface area (Å²) in [7, 11) is -3.90. The summed E-state index contributed by atoms with van der Waals surface area (Å²) in [6.07, 6.45) is -4.81. The van der Waals surface area contributed by atoms with Crippen LogP contribution in [0.4, 0.5) is 13.2 Å². The van der Waals surface area contributed by atoms with Gasteiger partial charge in [0.05, 0.1) is 29.5 Å². The maximum Gasteiger partial charge on any atom is 0.435 e. The van der Waals surface area contributed by atoms with Gasteiger partial charge in [-0.1, -0.05) is 72.3 Å². The van der Waals surface area contributed by atoms with Crippen molar-refractivity contribution in [2.45, 2.75) is 37.1 Å². The predicted molar refractivity (Wildman–Crippen MR) is 180 cm³/mol. The Balaban J connectivity index is 0.000000192. The number of sulfonamides is 1.